The maximum Gasteiger partial charge on any atom is 0.313 e. The SMILES string of the molecule is CCC1(C(=O)OC2CCCCC2C)CCCNC1. The Bertz CT molecular complexity index is 284. The van der Waals surface area contributed by atoms with Gasteiger partial charge in [-0.05, 0) is 51.0 Å². The van der Waals surface area contributed by atoms with E-state index in [1.165, 1.54) is 19.3 Å². The van der Waals surface area contributed by atoms with Gasteiger partial charge in [0.15, 0.2) is 0 Å². The van der Waals surface area contributed by atoms with Crippen molar-refractivity contribution in [3.63, 3.8) is 0 Å². The zero-order valence-electron chi connectivity index (χ0n) is 11.8. The molecule has 0 aromatic rings. The Hall–Kier alpha value is -0.570. The molecule has 3 heteroatoms. The highest BCUT2D eigenvalue weighted by atomic mass is 16.5. The summed E-state index contributed by atoms with van der Waals surface area (Å²) < 4.78 is 5.86. The number of hydrogen-bond donors (Lipinski definition) is 1. The van der Waals surface area contributed by atoms with E-state index in [1.807, 2.05) is 0 Å². The second-order valence-corrected chi connectivity index (χ2v) is 6.12. The van der Waals surface area contributed by atoms with Crippen LogP contribution in [0, 0.1) is 11.3 Å². The quantitative estimate of drug-likeness (QED) is 0.786. The maximum absolute atomic E-state index is 12.5. The molecule has 2 aliphatic rings. The van der Waals surface area contributed by atoms with Crippen LogP contribution in [0.4, 0.5) is 0 Å². The monoisotopic (exact) mass is 253 g/mol. The minimum Gasteiger partial charge on any atom is -0.462 e. The number of esters is 1. The fraction of sp³-hybridized carbons (Fsp3) is 0.933. The Morgan fingerprint density at radius 3 is 2.72 bits per heavy atom. The van der Waals surface area contributed by atoms with Crippen LogP contribution < -0.4 is 5.32 Å². The third-order valence-corrected chi connectivity index (χ3v) is 4.87. The molecule has 1 saturated carbocycles. The van der Waals surface area contributed by atoms with E-state index in [4.69, 9.17) is 4.74 Å². The molecule has 0 radical (unpaired) electrons. The van der Waals surface area contributed by atoms with Crippen LogP contribution in [-0.2, 0) is 9.53 Å². The summed E-state index contributed by atoms with van der Waals surface area (Å²) in [7, 11) is 0. The van der Waals surface area contributed by atoms with Gasteiger partial charge in [0.2, 0.25) is 0 Å². The number of piperidine rings is 1. The number of nitrogens with one attached hydrogen (secondary N) is 1. The summed E-state index contributed by atoms with van der Waals surface area (Å²) in [6, 6.07) is 0. The largest absolute Gasteiger partial charge is 0.462 e. The van der Waals surface area contributed by atoms with Crippen molar-refractivity contribution in [2.75, 3.05) is 13.1 Å². The van der Waals surface area contributed by atoms with Crippen molar-refractivity contribution in [1.82, 2.24) is 5.32 Å². The third-order valence-electron chi connectivity index (χ3n) is 4.87. The van der Waals surface area contributed by atoms with E-state index >= 15 is 0 Å². The van der Waals surface area contributed by atoms with Crippen LogP contribution in [0.5, 0.6) is 0 Å². The zero-order valence-corrected chi connectivity index (χ0v) is 11.8. The van der Waals surface area contributed by atoms with Gasteiger partial charge in [0, 0.05) is 6.54 Å². The van der Waals surface area contributed by atoms with E-state index in [2.05, 4.69) is 19.2 Å². The lowest BCUT2D eigenvalue weighted by molar-refractivity contribution is -0.167. The van der Waals surface area contributed by atoms with Gasteiger partial charge in [0.1, 0.15) is 6.10 Å². The van der Waals surface area contributed by atoms with Crippen molar-refractivity contribution in [3.05, 3.63) is 0 Å². The topological polar surface area (TPSA) is 38.3 Å². The Labute approximate surface area is 111 Å². The van der Waals surface area contributed by atoms with Gasteiger partial charge < -0.3 is 10.1 Å². The molecular formula is C15H27NO2. The van der Waals surface area contributed by atoms with Crippen molar-refractivity contribution in [2.24, 2.45) is 11.3 Å². The molecule has 0 aromatic carbocycles. The van der Waals surface area contributed by atoms with Gasteiger partial charge in [-0.25, -0.2) is 0 Å². The summed E-state index contributed by atoms with van der Waals surface area (Å²) >= 11 is 0. The van der Waals surface area contributed by atoms with Crippen molar-refractivity contribution < 1.29 is 9.53 Å². The smallest absolute Gasteiger partial charge is 0.313 e. The molecule has 0 aromatic heterocycles. The molecule has 18 heavy (non-hydrogen) atoms. The highest BCUT2D eigenvalue weighted by Crippen LogP contribution is 2.34. The summed E-state index contributed by atoms with van der Waals surface area (Å²) in [6.07, 6.45) is 7.88. The first-order valence-electron chi connectivity index (χ1n) is 7.60. The molecule has 3 unspecified atom stereocenters. The van der Waals surface area contributed by atoms with Crippen molar-refractivity contribution in [2.45, 2.75) is 64.9 Å². The standard InChI is InChI=1S/C15H27NO2/c1-3-15(9-6-10-16-11-15)14(17)18-13-8-5-4-7-12(13)2/h12-13,16H,3-11H2,1-2H3. The highest BCUT2D eigenvalue weighted by Gasteiger charge is 2.41. The van der Waals surface area contributed by atoms with Gasteiger partial charge in [0.05, 0.1) is 5.41 Å². The maximum atomic E-state index is 12.5. The molecule has 0 bridgehead atoms. The van der Waals surface area contributed by atoms with E-state index in [9.17, 15) is 4.79 Å². The summed E-state index contributed by atoms with van der Waals surface area (Å²) in [5, 5.41) is 3.36. The molecule has 2 fully saturated rings. The van der Waals surface area contributed by atoms with Gasteiger partial charge in [-0.3, -0.25) is 4.79 Å². The molecule has 1 aliphatic carbocycles. The number of carbonyl (C=O) groups is 1. The first-order valence-corrected chi connectivity index (χ1v) is 7.60. The van der Waals surface area contributed by atoms with Gasteiger partial charge in [-0.1, -0.05) is 20.3 Å². The second kappa shape index (κ2) is 6.05. The van der Waals surface area contributed by atoms with E-state index in [1.54, 1.807) is 0 Å². The highest BCUT2D eigenvalue weighted by molar-refractivity contribution is 5.77. The van der Waals surface area contributed by atoms with E-state index < -0.39 is 0 Å². The average Bonchev–Trinajstić information content (AvgIpc) is 2.42. The number of hydrogen-bond acceptors (Lipinski definition) is 3. The van der Waals surface area contributed by atoms with Crippen LogP contribution in [0.1, 0.15) is 58.8 Å². The van der Waals surface area contributed by atoms with E-state index in [0.717, 1.165) is 38.8 Å². The van der Waals surface area contributed by atoms with Crippen LogP contribution in [0.3, 0.4) is 0 Å². The summed E-state index contributed by atoms with van der Waals surface area (Å²) in [5.74, 6) is 0.587. The minimum absolute atomic E-state index is 0.0518. The first kappa shape index (κ1) is 13.9. The molecule has 3 atom stereocenters. The predicted molar refractivity (Wildman–Crippen MR) is 72.3 cm³/mol. The van der Waals surface area contributed by atoms with Crippen LogP contribution >= 0.6 is 0 Å². The van der Waals surface area contributed by atoms with Crippen molar-refractivity contribution in [1.29, 1.82) is 0 Å². The normalized spacial score (nSPS) is 37.2. The lowest BCUT2D eigenvalue weighted by atomic mass is 9.78. The molecule has 1 N–H and O–H groups in total. The summed E-state index contributed by atoms with van der Waals surface area (Å²) in [5.41, 5.74) is -0.255. The number of ether oxygens (including phenoxy) is 1. The fourth-order valence-electron chi connectivity index (χ4n) is 3.31. The lowest BCUT2D eigenvalue weighted by Gasteiger charge is -2.37. The second-order valence-electron chi connectivity index (χ2n) is 6.12. The van der Waals surface area contributed by atoms with Crippen LogP contribution in [0.2, 0.25) is 0 Å². The van der Waals surface area contributed by atoms with Crippen LogP contribution in [0.15, 0.2) is 0 Å². The Kier molecular flexibility index (Phi) is 4.66. The van der Waals surface area contributed by atoms with Gasteiger partial charge >= 0.3 is 5.97 Å². The molecule has 0 amide bonds. The molecular weight excluding hydrogens is 226 g/mol. The van der Waals surface area contributed by atoms with Gasteiger partial charge in [-0.2, -0.15) is 0 Å². The molecule has 1 saturated heterocycles. The Morgan fingerprint density at radius 2 is 2.11 bits per heavy atom. The number of carbonyl (C=O) groups excluding carboxylic acids is 1. The van der Waals surface area contributed by atoms with E-state index in [0.29, 0.717) is 5.92 Å². The third kappa shape index (κ3) is 2.87. The molecule has 2 rings (SSSR count). The van der Waals surface area contributed by atoms with Crippen LogP contribution in [0.25, 0.3) is 0 Å². The Morgan fingerprint density at radius 1 is 1.33 bits per heavy atom. The molecule has 1 heterocycles. The summed E-state index contributed by atoms with van der Waals surface area (Å²) in [6.45, 7) is 6.16. The van der Waals surface area contributed by atoms with Gasteiger partial charge in [-0.15, -0.1) is 0 Å². The molecule has 104 valence electrons. The number of rotatable bonds is 3. The lowest BCUT2D eigenvalue weighted by Crippen LogP contribution is -2.47. The zero-order chi connectivity index (χ0) is 13.0. The first-order chi connectivity index (χ1) is 8.68. The van der Waals surface area contributed by atoms with Crippen LogP contribution in [-0.4, -0.2) is 25.2 Å². The van der Waals surface area contributed by atoms with E-state index in [-0.39, 0.29) is 17.5 Å². The average molecular weight is 253 g/mol. The minimum atomic E-state index is -0.255. The van der Waals surface area contributed by atoms with Crippen molar-refractivity contribution >= 4 is 5.97 Å². The molecule has 1 aliphatic heterocycles. The fourth-order valence-corrected chi connectivity index (χ4v) is 3.31. The van der Waals surface area contributed by atoms with Crippen molar-refractivity contribution in [3.8, 4) is 0 Å². The molecule has 0 spiro atoms. The molecule has 3 nitrogen and oxygen atoms in total. The Balaban J connectivity index is 1.96. The predicted octanol–water partition coefficient (Wildman–Crippen LogP) is 2.89. The van der Waals surface area contributed by atoms with Gasteiger partial charge in [0.25, 0.3) is 0 Å². The summed E-state index contributed by atoms with van der Waals surface area (Å²) in [4.78, 5) is 12.5.